The van der Waals surface area contributed by atoms with Crippen molar-refractivity contribution in [1.82, 2.24) is 19.9 Å². The minimum Gasteiger partial charge on any atom is -0.325 e. The van der Waals surface area contributed by atoms with Crippen molar-refractivity contribution in [3.63, 3.8) is 0 Å². The molecule has 0 saturated carbocycles. The maximum atomic E-state index is 12.5. The molecule has 0 radical (unpaired) electrons. The van der Waals surface area contributed by atoms with Gasteiger partial charge in [-0.25, -0.2) is 18.1 Å². The third-order valence-electron chi connectivity index (χ3n) is 3.69. The molecule has 0 saturated heterocycles. The van der Waals surface area contributed by atoms with Gasteiger partial charge in [-0.3, -0.25) is 9.89 Å². The van der Waals surface area contributed by atoms with Gasteiger partial charge < -0.3 is 5.32 Å². The average Bonchev–Trinajstić information content (AvgIpc) is 3.32. The highest BCUT2D eigenvalue weighted by molar-refractivity contribution is 8.00. The number of hydrogen-bond acceptors (Lipinski definition) is 7. The zero-order valence-electron chi connectivity index (χ0n) is 16.0. The molecule has 0 unspecified atom stereocenters. The van der Waals surface area contributed by atoms with E-state index in [1.807, 2.05) is 17.5 Å². The van der Waals surface area contributed by atoms with Gasteiger partial charge in [0, 0.05) is 11.7 Å². The monoisotopic (exact) mass is 451 g/mol. The first-order chi connectivity index (χ1) is 13.7. The Hall–Kier alpha value is -2.21. The summed E-state index contributed by atoms with van der Waals surface area (Å²) < 4.78 is 26.8. The standard InChI is InChI=1S/C18H21N5O3S3/c1-11(2)23-29(25,26)14-8-6-13(7-9-14)19-17(24)12(3)28-18-20-16(21-22-18)15-5-4-10-27-15/h4-12,23H,1-3H3,(H,19,24)(H,20,21,22)/t12-/m1/s1. The fourth-order valence-corrected chi connectivity index (χ4v) is 5.01. The van der Waals surface area contributed by atoms with Gasteiger partial charge in [0.15, 0.2) is 5.82 Å². The number of rotatable bonds is 8. The van der Waals surface area contributed by atoms with E-state index in [9.17, 15) is 13.2 Å². The topological polar surface area (TPSA) is 117 Å². The van der Waals surface area contributed by atoms with Crippen molar-refractivity contribution >= 4 is 44.7 Å². The number of amides is 1. The Bertz CT molecular complexity index is 1060. The van der Waals surface area contributed by atoms with E-state index in [2.05, 4.69) is 25.2 Å². The molecule has 1 amide bonds. The van der Waals surface area contributed by atoms with Gasteiger partial charge in [0.25, 0.3) is 0 Å². The van der Waals surface area contributed by atoms with Crippen LogP contribution in [0.5, 0.6) is 0 Å². The van der Waals surface area contributed by atoms with Gasteiger partial charge in [-0.2, -0.15) is 0 Å². The van der Waals surface area contributed by atoms with Crippen LogP contribution in [0.1, 0.15) is 20.8 Å². The van der Waals surface area contributed by atoms with Crippen molar-refractivity contribution in [3.05, 3.63) is 41.8 Å². The Labute approximate surface area is 177 Å². The van der Waals surface area contributed by atoms with Gasteiger partial charge in [-0.1, -0.05) is 17.8 Å². The number of nitrogens with one attached hydrogen (secondary N) is 3. The normalized spacial score (nSPS) is 12.8. The number of H-pyrrole nitrogens is 1. The second-order valence-corrected chi connectivity index (χ2v) is 10.5. The van der Waals surface area contributed by atoms with Gasteiger partial charge in [0.1, 0.15) is 0 Å². The van der Waals surface area contributed by atoms with Gasteiger partial charge in [0.2, 0.25) is 21.1 Å². The molecule has 3 rings (SSSR count). The molecular weight excluding hydrogens is 430 g/mol. The first kappa shape index (κ1) is 21.5. The van der Waals surface area contributed by atoms with E-state index < -0.39 is 15.3 Å². The third kappa shape index (κ3) is 5.66. The van der Waals surface area contributed by atoms with Crippen LogP contribution in [0.15, 0.2) is 51.8 Å². The molecule has 2 aromatic heterocycles. The summed E-state index contributed by atoms with van der Waals surface area (Å²) >= 11 is 2.79. The lowest BCUT2D eigenvalue weighted by molar-refractivity contribution is -0.115. The highest BCUT2D eigenvalue weighted by Crippen LogP contribution is 2.26. The van der Waals surface area contributed by atoms with E-state index in [0.717, 1.165) is 4.88 Å². The summed E-state index contributed by atoms with van der Waals surface area (Å²) in [7, 11) is -3.56. The number of anilines is 1. The minimum absolute atomic E-state index is 0.147. The maximum absolute atomic E-state index is 12.5. The van der Waals surface area contributed by atoms with Crippen LogP contribution in [0.3, 0.4) is 0 Å². The Morgan fingerprint density at radius 3 is 2.52 bits per heavy atom. The third-order valence-corrected chi connectivity index (χ3v) is 7.21. The van der Waals surface area contributed by atoms with Crippen LogP contribution >= 0.6 is 23.1 Å². The zero-order valence-corrected chi connectivity index (χ0v) is 18.5. The Morgan fingerprint density at radius 1 is 1.17 bits per heavy atom. The summed E-state index contributed by atoms with van der Waals surface area (Å²) in [6, 6.07) is 9.71. The van der Waals surface area contributed by atoms with E-state index in [1.54, 1.807) is 44.2 Å². The van der Waals surface area contributed by atoms with Crippen LogP contribution in [-0.2, 0) is 14.8 Å². The quantitative estimate of drug-likeness (QED) is 0.452. The van der Waals surface area contributed by atoms with Gasteiger partial charge >= 0.3 is 0 Å². The Morgan fingerprint density at radius 2 is 1.90 bits per heavy atom. The predicted octanol–water partition coefficient (Wildman–Crippen LogP) is 3.34. The van der Waals surface area contributed by atoms with Crippen molar-refractivity contribution in [2.75, 3.05) is 5.32 Å². The van der Waals surface area contributed by atoms with Crippen LogP contribution in [0, 0.1) is 0 Å². The lowest BCUT2D eigenvalue weighted by Gasteiger charge is -2.12. The first-order valence-electron chi connectivity index (χ1n) is 8.81. The number of benzene rings is 1. The number of thiophene rings is 1. The van der Waals surface area contributed by atoms with Gasteiger partial charge in [-0.05, 0) is 56.5 Å². The highest BCUT2D eigenvalue weighted by atomic mass is 32.2. The number of aromatic amines is 1. The van der Waals surface area contributed by atoms with Crippen molar-refractivity contribution < 1.29 is 13.2 Å². The fourth-order valence-electron chi connectivity index (χ4n) is 2.37. The lowest BCUT2D eigenvalue weighted by Crippen LogP contribution is -2.30. The van der Waals surface area contributed by atoms with Crippen LogP contribution in [-0.4, -0.2) is 40.8 Å². The van der Waals surface area contributed by atoms with Crippen molar-refractivity contribution in [3.8, 4) is 10.7 Å². The van der Waals surface area contributed by atoms with Crippen LogP contribution < -0.4 is 10.0 Å². The first-order valence-corrected chi connectivity index (χ1v) is 12.0. The van der Waals surface area contributed by atoms with Crippen molar-refractivity contribution in [1.29, 1.82) is 0 Å². The van der Waals surface area contributed by atoms with Gasteiger partial charge in [0.05, 0.1) is 15.0 Å². The maximum Gasteiger partial charge on any atom is 0.240 e. The summed E-state index contributed by atoms with van der Waals surface area (Å²) in [5.41, 5.74) is 0.514. The number of carbonyl (C=O) groups is 1. The molecule has 29 heavy (non-hydrogen) atoms. The molecule has 0 aliphatic rings. The second-order valence-electron chi connectivity index (χ2n) is 6.49. The molecular formula is C18H21N5O3S3. The SMILES string of the molecule is CC(C)NS(=O)(=O)c1ccc(NC(=O)[C@@H](C)Sc2n[nH]c(-c3cccs3)n2)cc1. The molecule has 0 fully saturated rings. The largest absolute Gasteiger partial charge is 0.325 e. The van der Waals surface area contributed by atoms with Crippen molar-refractivity contribution in [2.45, 2.75) is 42.1 Å². The van der Waals surface area contributed by atoms with E-state index >= 15 is 0 Å². The lowest BCUT2D eigenvalue weighted by atomic mass is 10.3. The Balaban J connectivity index is 1.60. The Kier molecular flexibility index (Phi) is 6.73. The summed E-state index contributed by atoms with van der Waals surface area (Å²) in [6.45, 7) is 5.26. The number of sulfonamides is 1. The second kappa shape index (κ2) is 9.08. The number of carbonyl (C=O) groups excluding carboxylic acids is 1. The molecule has 0 spiro atoms. The number of hydrogen-bond donors (Lipinski definition) is 3. The molecule has 1 aromatic carbocycles. The van der Waals surface area contributed by atoms with E-state index in [1.165, 1.54) is 23.9 Å². The molecule has 2 heterocycles. The average molecular weight is 452 g/mol. The van der Waals surface area contributed by atoms with E-state index in [0.29, 0.717) is 16.7 Å². The molecule has 1 atom stereocenters. The molecule has 154 valence electrons. The zero-order chi connectivity index (χ0) is 21.0. The summed E-state index contributed by atoms with van der Waals surface area (Å²) in [5.74, 6) is 0.440. The predicted molar refractivity (Wildman–Crippen MR) is 116 cm³/mol. The smallest absolute Gasteiger partial charge is 0.240 e. The van der Waals surface area contributed by atoms with Crippen LogP contribution in [0.2, 0.25) is 0 Å². The number of thioether (sulfide) groups is 1. The number of aromatic nitrogens is 3. The molecule has 3 aromatic rings. The fraction of sp³-hybridized carbons (Fsp3) is 0.278. The molecule has 0 bridgehead atoms. The van der Waals surface area contributed by atoms with Crippen molar-refractivity contribution in [2.24, 2.45) is 0 Å². The number of nitrogens with zero attached hydrogens (tertiary/aromatic N) is 2. The molecule has 3 N–H and O–H groups in total. The summed E-state index contributed by atoms with van der Waals surface area (Å²) in [5, 5.41) is 11.8. The minimum atomic E-state index is -3.56. The van der Waals surface area contributed by atoms with Gasteiger partial charge in [-0.15, -0.1) is 16.4 Å². The summed E-state index contributed by atoms with van der Waals surface area (Å²) in [6.07, 6.45) is 0. The van der Waals surface area contributed by atoms with E-state index in [-0.39, 0.29) is 16.8 Å². The highest BCUT2D eigenvalue weighted by Gasteiger charge is 2.19. The van der Waals surface area contributed by atoms with Crippen LogP contribution in [0.4, 0.5) is 5.69 Å². The molecule has 0 aliphatic heterocycles. The molecule has 0 aliphatic carbocycles. The van der Waals surface area contributed by atoms with E-state index in [4.69, 9.17) is 0 Å². The molecule has 11 heteroatoms. The summed E-state index contributed by atoms with van der Waals surface area (Å²) in [4.78, 5) is 18.0. The van der Waals surface area contributed by atoms with Crippen LogP contribution in [0.25, 0.3) is 10.7 Å². The molecule has 8 nitrogen and oxygen atoms in total.